The lowest BCUT2D eigenvalue weighted by molar-refractivity contribution is 0.0961. The molecular formula is C19H18FN5O3S. The van der Waals surface area contributed by atoms with E-state index in [0.29, 0.717) is 29.1 Å². The fourth-order valence-electron chi connectivity index (χ4n) is 3.53. The van der Waals surface area contributed by atoms with Crippen LogP contribution in [0.3, 0.4) is 0 Å². The van der Waals surface area contributed by atoms with Crippen LogP contribution in [0.4, 0.5) is 10.1 Å². The van der Waals surface area contributed by atoms with Gasteiger partial charge in [0.25, 0.3) is 0 Å². The number of aromatic nitrogens is 4. The Labute approximate surface area is 167 Å². The summed E-state index contributed by atoms with van der Waals surface area (Å²) in [5, 5.41) is 12.0. The van der Waals surface area contributed by atoms with E-state index in [0.717, 1.165) is 5.56 Å². The number of carbonyl (C=O) groups is 1. The van der Waals surface area contributed by atoms with E-state index in [-0.39, 0.29) is 24.2 Å². The van der Waals surface area contributed by atoms with Gasteiger partial charge in [-0.05, 0) is 66.6 Å². The maximum Gasteiger partial charge on any atom is 0.232 e. The van der Waals surface area contributed by atoms with Crippen molar-refractivity contribution in [2.45, 2.75) is 25.9 Å². The molecule has 8 nitrogen and oxygen atoms in total. The smallest absolute Gasteiger partial charge is 0.232 e. The minimum absolute atomic E-state index is 0.113. The van der Waals surface area contributed by atoms with Gasteiger partial charge in [0.1, 0.15) is 12.4 Å². The molecule has 10 heteroatoms. The standard InChI is InChI=1S/C19H18FN5O3S/c1-12-9-15-10-14(5-8-17(15)25(12)29(2,27)28)18(26)11-24-22-19(21-23-24)13-3-6-16(20)7-4-13/h3-8,10,12H,9,11H2,1-2H3/t12-/m0/s1. The summed E-state index contributed by atoms with van der Waals surface area (Å²) in [6.45, 7) is 1.72. The quantitative estimate of drug-likeness (QED) is 0.592. The fourth-order valence-corrected chi connectivity index (χ4v) is 4.79. The molecule has 0 radical (unpaired) electrons. The number of sulfonamides is 1. The summed E-state index contributed by atoms with van der Waals surface area (Å²) in [5.41, 5.74) is 2.46. The van der Waals surface area contributed by atoms with Gasteiger partial charge in [0, 0.05) is 17.2 Å². The average Bonchev–Trinajstić information content (AvgIpc) is 3.24. The second-order valence-electron chi connectivity index (χ2n) is 7.03. The highest BCUT2D eigenvalue weighted by molar-refractivity contribution is 7.92. The first kappa shape index (κ1) is 19.2. The summed E-state index contributed by atoms with van der Waals surface area (Å²) < 4.78 is 38.4. The van der Waals surface area contributed by atoms with E-state index in [4.69, 9.17) is 0 Å². The molecule has 4 rings (SSSR count). The number of ketones is 1. The van der Waals surface area contributed by atoms with E-state index in [1.807, 2.05) is 6.92 Å². The Hall–Kier alpha value is -3.14. The highest BCUT2D eigenvalue weighted by Crippen LogP contribution is 2.34. The lowest BCUT2D eigenvalue weighted by atomic mass is 10.0. The summed E-state index contributed by atoms with van der Waals surface area (Å²) in [5.74, 6) is -0.289. The van der Waals surface area contributed by atoms with Crippen molar-refractivity contribution in [3.63, 3.8) is 0 Å². The summed E-state index contributed by atoms with van der Waals surface area (Å²) in [6, 6.07) is 10.5. The second kappa shape index (κ2) is 7.03. The number of benzene rings is 2. The number of fused-ring (bicyclic) bond motifs is 1. The molecular weight excluding hydrogens is 397 g/mol. The maximum absolute atomic E-state index is 13.0. The zero-order chi connectivity index (χ0) is 20.8. The Bertz CT molecular complexity index is 1190. The van der Waals surface area contributed by atoms with Crippen LogP contribution < -0.4 is 4.31 Å². The summed E-state index contributed by atoms with van der Waals surface area (Å²) >= 11 is 0. The van der Waals surface area contributed by atoms with E-state index in [1.165, 1.54) is 39.6 Å². The van der Waals surface area contributed by atoms with Gasteiger partial charge in [-0.3, -0.25) is 9.10 Å². The van der Waals surface area contributed by atoms with Crippen LogP contribution in [0.1, 0.15) is 22.8 Å². The molecule has 0 saturated carbocycles. The van der Waals surface area contributed by atoms with Crippen molar-refractivity contribution in [1.29, 1.82) is 0 Å². The second-order valence-corrected chi connectivity index (χ2v) is 8.89. The summed E-state index contributed by atoms with van der Waals surface area (Å²) in [6.07, 6.45) is 1.71. The molecule has 1 aliphatic heterocycles. The number of tetrazole rings is 1. The number of Topliss-reactive ketones (excluding diaryl/α,β-unsaturated/α-hetero) is 1. The number of carbonyl (C=O) groups excluding carboxylic acids is 1. The third kappa shape index (κ3) is 3.75. The van der Waals surface area contributed by atoms with E-state index in [9.17, 15) is 17.6 Å². The minimum atomic E-state index is -3.38. The van der Waals surface area contributed by atoms with Gasteiger partial charge >= 0.3 is 0 Å². The van der Waals surface area contributed by atoms with Crippen LogP contribution in [0.25, 0.3) is 11.4 Å². The Morgan fingerprint density at radius 2 is 1.93 bits per heavy atom. The topological polar surface area (TPSA) is 98.1 Å². The zero-order valence-electron chi connectivity index (χ0n) is 15.8. The molecule has 1 aliphatic rings. The third-order valence-corrected chi connectivity index (χ3v) is 6.02. The molecule has 1 atom stereocenters. The largest absolute Gasteiger partial charge is 0.292 e. The molecule has 3 aromatic rings. The van der Waals surface area contributed by atoms with Crippen molar-refractivity contribution >= 4 is 21.5 Å². The number of nitrogens with zero attached hydrogens (tertiary/aromatic N) is 5. The molecule has 150 valence electrons. The van der Waals surface area contributed by atoms with E-state index < -0.39 is 10.0 Å². The number of halogens is 1. The predicted molar refractivity (Wildman–Crippen MR) is 104 cm³/mol. The van der Waals surface area contributed by atoms with Gasteiger partial charge in [-0.2, -0.15) is 4.80 Å². The first-order valence-corrected chi connectivity index (χ1v) is 10.8. The highest BCUT2D eigenvalue weighted by Gasteiger charge is 2.32. The molecule has 29 heavy (non-hydrogen) atoms. The summed E-state index contributed by atoms with van der Waals surface area (Å²) in [4.78, 5) is 13.8. The van der Waals surface area contributed by atoms with E-state index in [2.05, 4.69) is 15.4 Å². The minimum Gasteiger partial charge on any atom is -0.292 e. The molecule has 0 bridgehead atoms. The number of hydrogen-bond acceptors (Lipinski definition) is 6. The molecule has 2 aromatic carbocycles. The maximum atomic E-state index is 13.0. The molecule has 0 saturated heterocycles. The van der Waals surface area contributed by atoms with Crippen LogP contribution in [0.15, 0.2) is 42.5 Å². The molecule has 1 aromatic heterocycles. The van der Waals surface area contributed by atoms with Crippen LogP contribution in [0.5, 0.6) is 0 Å². The van der Waals surface area contributed by atoms with Crippen LogP contribution in [-0.2, 0) is 23.0 Å². The highest BCUT2D eigenvalue weighted by atomic mass is 32.2. The van der Waals surface area contributed by atoms with Gasteiger partial charge in [0.2, 0.25) is 15.8 Å². The van der Waals surface area contributed by atoms with Crippen molar-refractivity contribution in [2.75, 3.05) is 10.6 Å². The molecule has 0 fully saturated rings. The Morgan fingerprint density at radius 1 is 1.21 bits per heavy atom. The van der Waals surface area contributed by atoms with Crippen LogP contribution in [0.2, 0.25) is 0 Å². The van der Waals surface area contributed by atoms with Gasteiger partial charge in [-0.1, -0.05) is 0 Å². The fraction of sp³-hybridized carbons (Fsp3) is 0.263. The Kier molecular flexibility index (Phi) is 4.65. The molecule has 0 aliphatic carbocycles. The number of anilines is 1. The monoisotopic (exact) mass is 415 g/mol. The Balaban J connectivity index is 1.53. The van der Waals surface area contributed by atoms with E-state index in [1.54, 1.807) is 18.2 Å². The first-order valence-electron chi connectivity index (χ1n) is 8.91. The van der Waals surface area contributed by atoms with Crippen molar-refractivity contribution in [1.82, 2.24) is 20.2 Å². The Morgan fingerprint density at radius 3 is 2.62 bits per heavy atom. The first-order chi connectivity index (χ1) is 13.7. The van der Waals surface area contributed by atoms with Gasteiger partial charge < -0.3 is 0 Å². The molecule has 0 spiro atoms. The lowest BCUT2D eigenvalue weighted by Crippen LogP contribution is -2.34. The van der Waals surface area contributed by atoms with Gasteiger partial charge in [0.15, 0.2) is 5.78 Å². The molecule has 2 heterocycles. The predicted octanol–water partition coefficient (Wildman–Crippen LogP) is 2.07. The van der Waals surface area contributed by atoms with E-state index >= 15 is 0 Å². The third-order valence-electron chi connectivity index (χ3n) is 4.75. The molecule has 0 amide bonds. The van der Waals surface area contributed by atoms with Gasteiger partial charge in [0.05, 0.1) is 11.9 Å². The van der Waals surface area contributed by atoms with Crippen molar-refractivity contribution in [3.05, 3.63) is 59.4 Å². The number of hydrogen-bond donors (Lipinski definition) is 0. The molecule has 0 N–H and O–H groups in total. The van der Waals surface area contributed by atoms with Gasteiger partial charge in [-0.25, -0.2) is 12.8 Å². The van der Waals surface area contributed by atoms with Crippen molar-refractivity contribution in [3.8, 4) is 11.4 Å². The molecule has 0 unspecified atom stereocenters. The SMILES string of the molecule is C[C@H]1Cc2cc(C(=O)Cn3nnc(-c4ccc(F)cc4)n3)ccc2N1S(C)(=O)=O. The average molecular weight is 415 g/mol. The lowest BCUT2D eigenvalue weighted by Gasteiger charge is -2.21. The van der Waals surface area contributed by atoms with Crippen LogP contribution >= 0.6 is 0 Å². The summed E-state index contributed by atoms with van der Waals surface area (Å²) in [7, 11) is -3.38. The van der Waals surface area contributed by atoms with Crippen LogP contribution in [0, 0.1) is 5.82 Å². The van der Waals surface area contributed by atoms with Gasteiger partial charge in [-0.15, -0.1) is 10.2 Å². The normalized spacial score (nSPS) is 16.1. The van der Waals surface area contributed by atoms with Crippen molar-refractivity contribution < 1.29 is 17.6 Å². The van der Waals surface area contributed by atoms with Crippen molar-refractivity contribution in [2.24, 2.45) is 0 Å². The number of rotatable bonds is 5. The van der Waals surface area contributed by atoms with Crippen LogP contribution in [-0.4, -0.2) is 46.7 Å². The zero-order valence-corrected chi connectivity index (χ0v) is 16.6.